The molecule has 6 heteroatoms. The molecule has 0 aromatic rings. The second-order valence-electron chi connectivity index (χ2n) is 6.73. The van der Waals surface area contributed by atoms with E-state index >= 15 is 0 Å². The Morgan fingerprint density at radius 3 is 2.52 bits per heavy atom. The maximum absolute atomic E-state index is 11.2. The van der Waals surface area contributed by atoms with Crippen LogP contribution in [0, 0.1) is 0 Å². The molecule has 0 bridgehead atoms. The maximum Gasteiger partial charge on any atom is 0.305 e. The van der Waals surface area contributed by atoms with Crippen molar-refractivity contribution < 1.29 is 9.53 Å². The largest absolute Gasteiger partial charge is 0.466 e. The first kappa shape index (κ1) is 21.7. The molecule has 2 N–H and O–H groups in total. The van der Waals surface area contributed by atoms with Crippen molar-refractivity contribution in [1.29, 1.82) is 0 Å². The molecule has 1 aliphatic heterocycles. The van der Waals surface area contributed by atoms with Gasteiger partial charge in [-0.05, 0) is 45.6 Å². The average Bonchev–Trinajstić information content (AvgIpc) is 2.62. The molecule has 0 unspecified atom stereocenters. The average molecular weight is 355 g/mol. The Hall–Kier alpha value is -1.30. The number of hydrogen-bond acceptors (Lipinski definition) is 4. The fourth-order valence-electron chi connectivity index (χ4n) is 3.19. The molecule has 6 nitrogen and oxygen atoms in total. The van der Waals surface area contributed by atoms with Gasteiger partial charge in [-0.15, -0.1) is 0 Å². The SMILES string of the molecule is CCCN1CCC(NC(=NC)NCCCCCCC(=O)OCC)CC1. The van der Waals surface area contributed by atoms with Crippen molar-refractivity contribution in [2.45, 2.75) is 71.3 Å². The number of esters is 1. The van der Waals surface area contributed by atoms with Crippen molar-refractivity contribution in [2.24, 2.45) is 4.99 Å². The summed E-state index contributed by atoms with van der Waals surface area (Å²) in [7, 11) is 1.83. The summed E-state index contributed by atoms with van der Waals surface area (Å²) in [5.41, 5.74) is 0. The summed E-state index contributed by atoms with van der Waals surface area (Å²) in [6, 6.07) is 0.531. The van der Waals surface area contributed by atoms with Crippen molar-refractivity contribution in [2.75, 3.05) is 39.8 Å². The van der Waals surface area contributed by atoms with E-state index in [2.05, 4.69) is 27.4 Å². The Kier molecular flexibility index (Phi) is 12.1. The quantitative estimate of drug-likeness (QED) is 0.258. The zero-order chi connectivity index (χ0) is 18.3. The minimum Gasteiger partial charge on any atom is -0.466 e. The van der Waals surface area contributed by atoms with Crippen LogP contribution in [0.1, 0.15) is 65.2 Å². The molecule has 0 saturated carbocycles. The summed E-state index contributed by atoms with van der Waals surface area (Å²) in [5, 5.41) is 6.96. The van der Waals surface area contributed by atoms with Gasteiger partial charge in [-0.2, -0.15) is 0 Å². The van der Waals surface area contributed by atoms with Gasteiger partial charge in [0.15, 0.2) is 5.96 Å². The van der Waals surface area contributed by atoms with E-state index in [1.165, 1.54) is 38.9 Å². The number of carbonyl (C=O) groups is 1. The van der Waals surface area contributed by atoms with Crippen LogP contribution in [0.2, 0.25) is 0 Å². The van der Waals surface area contributed by atoms with E-state index in [0.717, 1.165) is 38.2 Å². The van der Waals surface area contributed by atoms with E-state index in [9.17, 15) is 4.79 Å². The molecule has 1 fully saturated rings. The molecule has 0 aromatic heterocycles. The van der Waals surface area contributed by atoms with Gasteiger partial charge < -0.3 is 20.3 Å². The molecule has 0 amide bonds. The highest BCUT2D eigenvalue weighted by Crippen LogP contribution is 2.10. The summed E-state index contributed by atoms with van der Waals surface area (Å²) in [6.07, 6.45) is 8.37. The number of nitrogens with one attached hydrogen (secondary N) is 2. The zero-order valence-electron chi connectivity index (χ0n) is 16.5. The lowest BCUT2D eigenvalue weighted by Gasteiger charge is -2.32. The van der Waals surface area contributed by atoms with E-state index in [-0.39, 0.29) is 5.97 Å². The fourth-order valence-corrected chi connectivity index (χ4v) is 3.19. The van der Waals surface area contributed by atoms with Crippen molar-refractivity contribution in [3.8, 4) is 0 Å². The topological polar surface area (TPSA) is 66.0 Å². The van der Waals surface area contributed by atoms with E-state index in [1.54, 1.807) is 0 Å². The third-order valence-electron chi connectivity index (χ3n) is 4.60. The number of rotatable bonds is 11. The minimum atomic E-state index is -0.0739. The Bertz CT molecular complexity index is 380. The number of piperidine rings is 1. The van der Waals surface area contributed by atoms with Crippen LogP contribution >= 0.6 is 0 Å². The highest BCUT2D eigenvalue weighted by atomic mass is 16.5. The van der Waals surface area contributed by atoms with Gasteiger partial charge in [-0.3, -0.25) is 9.79 Å². The molecule has 0 atom stereocenters. The third-order valence-corrected chi connectivity index (χ3v) is 4.60. The smallest absolute Gasteiger partial charge is 0.305 e. The molecule has 1 aliphatic rings. The van der Waals surface area contributed by atoms with Crippen LogP contribution < -0.4 is 10.6 Å². The summed E-state index contributed by atoms with van der Waals surface area (Å²) in [4.78, 5) is 18.1. The number of ether oxygens (including phenoxy) is 1. The number of hydrogen-bond donors (Lipinski definition) is 2. The molecule has 0 spiro atoms. The normalized spacial score (nSPS) is 16.7. The van der Waals surface area contributed by atoms with Gasteiger partial charge in [0.05, 0.1) is 6.61 Å². The van der Waals surface area contributed by atoms with Gasteiger partial charge in [0.25, 0.3) is 0 Å². The van der Waals surface area contributed by atoms with Gasteiger partial charge >= 0.3 is 5.97 Å². The molecule has 1 rings (SSSR count). The Labute approximate surface area is 153 Å². The van der Waals surface area contributed by atoms with Crippen molar-refractivity contribution in [3.63, 3.8) is 0 Å². The van der Waals surface area contributed by atoms with Crippen molar-refractivity contribution >= 4 is 11.9 Å². The van der Waals surface area contributed by atoms with Gasteiger partial charge in [-0.25, -0.2) is 0 Å². The van der Waals surface area contributed by atoms with Crippen LogP contribution in [0.4, 0.5) is 0 Å². The van der Waals surface area contributed by atoms with Crippen molar-refractivity contribution in [1.82, 2.24) is 15.5 Å². The molecule has 146 valence electrons. The van der Waals surface area contributed by atoms with E-state index in [4.69, 9.17) is 4.74 Å². The number of nitrogens with zero attached hydrogens (tertiary/aromatic N) is 2. The first-order valence-corrected chi connectivity index (χ1v) is 10.0. The molecular weight excluding hydrogens is 316 g/mol. The predicted octanol–water partition coefficient (Wildman–Crippen LogP) is 2.54. The molecule has 1 heterocycles. The molecule has 1 saturated heterocycles. The van der Waals surface area contributed by atoms with E-state index in [1.807, 2.05) is 14.0 Å². The third kappa shape index (κ3) is 10.3. The standard InChI is InChI=1S/C19H38N4O2/c1-4-14-23-15-11-17(12-16-23)22-19(20-3)21-13-9-7-6-8-10-18(24)25-5-2/h17H,4-16H2,1-3H3,(H2,20,21,22). The molecule has 25 heavy (non-hydrogen) atoms. The van der Waals surface area contributed by atoms with Crippen LogP contribution in [0.15, 0.2) is 4.99 Å². The van der Waals surface area contributed by atoms with Gasteiger partial charge in [-0.1, -0.05) is 19.8 Å². The minimum absolute atomic E-state index is 0.0739. The lowest BCUT2D eigenvalue weighted by atomic mass is 10.1. The van der Waals surface area contributed by atoms with Crippen LogP contribution in [0.5, 0.6) is 0 Å². The monoisotopic (exact) mass is 354 g/mol. The first-order chi connectivity index (χ1) is 12.2. The Balaban J connectivity index is 2.04. The fraction of sp³-hybridized carbons (Fsp3) is 0.895. The van der Waals surface area contributed by atoms with E-state index < -0.39 is 0 Å². The highest BCUT2D eigenvalue weighted by Gasteiger charge is 2.19. The number of carbonyl (C=O) groups excluding carboxylic acids is 1. The highest BCUT2D eigenvalue weighted by molar-refractivity contribution is 5.79. The second kappa shape index (κ2) is 13.9. The maximum atomic E-state index is 11.2. The van der Waals surface area contributed by atoms with Crippen LogP contribution in [0.3, 0.4) is 0 Å². The number of unbranched alkanes of at least 4 members (excludes halogenated alkanes) is 3. The lowest BCUT2D eigenvalue weighted by Crippen LogP contribution is -2.48. The summed E-state index contributed by atoms with van der Waals surface area (Å²) >= 11 is 0. The lowest BCUT2D eigenvalue weighted by molar-refractivity contribution is -0.143. The van der Waals surface area contributed by atoms with Crippen LogP contribution in [-0.4, -0.2) is 62.7 Å². The second-order valence-corrected chi connectivity index (χ2v) is 6.73. The summed E-state index contributed by atoms with van der Waals surface area (Å²) in [6.45, 7) is 9.08. The molecular formula is C19H38N4O2. The molecule has 0 aliphatic carbocycles. The molecule has 0 radical (unpaired) electrons. The molecule has 0 aromatic carbocycles. The summed E-state index contributed by atoms with van der Waals surface area (Å²) < 4.78 is 4.93. The number of aliphatic imine (C=N–C) groups is 1. The van der Waals surface area contributed by atoms with Gasteiger partial charge in [0.1, 0.15) is 0 Å². The number of guanidine groups is 1. The first-order valence-electron chi connectivity index (χ1n) is 10.0. The van der Waals surface area contributed by atoms with Crippen LogP contribution in [0.25, 0.3) is 0 Å². The Morgan fingerprint density at radius 2 is 1.88 bits per heavy atom. The zero-order valence-corrected chi connectivity index (χ0v) is 16.5. The Morgan fingerprint density at radius 1 is 1.16 bits per heavy atom. The van der Waals surface area contributed by atoms with Gasteiger partial charge in [0, 0.05) is 39.1 Å². The predicted molar refractivity (Wildman–Crippen MR) is 104 cm³/mol. The van der Waals surface area contributed by atoms with Gasteiger partial charge in [0.2, 0.25) is 0 Å². The summed E-state index contributed by atoms with van der Waals surface area (Å²) in [5.74, 6) is 0.843. The van der Waals surface area contributed by atoms with Crippen LogP contribution in [-0.2, 0) is 9.53 Å². The van der Waals surface area contributed by atoms with Crippen molar-refractivity contribution in [3.05, 3.63) is 0 Å². The number of likely N-dealkylation sites (tertiary alicyclic amines) is 1. The van der Waals surface area contributed by atoms with E-state index in [0.29, 0.717) is 19.1 Å².